The lowest BCUT2D eigenvalue weighted by atomic mass is 10.3. The summed E-state index contributed by atoms with van der Waals surface area (Å²) in [6.45, 7) is 4.50. The van der Waals surface area contributed by atoms with E-state index in [1.165, 1.54) is 12.1 Å². The Balaban J connectivity index is 2.28. The second kappa shape index (κ2) is 6.89. The number of rotatable bonds is 6. The van der Waals surface area contributed by atoms with E-state index in [1.807, 2.05) is 19.9 Å². The Morgan fingerprint density at radius 3 is 2.81 bits per heavy atom. The van der Waals surface area contributed by atoms with Gasteiger partial charge in [0.1, 0.15) is 5.82 Å². The van der Waals surface area contributed by atoms with E-state index in [4.69, 9.17) is 10.5 Å². The van der Waals surface area contributed by atoms with Crippen molar-refractivity contribution in [3.8, 4) is 0 Å². The molecular formula is C12H18FNOS. The highest BCUT2D eigenvalue weighted by molar-refractivity contribution is 7.99. The molecule has 0 fully saturated rings. The van der Waals surface area contributed by atoms with E-state index in [9.17, 15) is 4.39 Å². The number of thioether (sulfide) groups is 1. The molecule has 0 radical (unpaired) electrons. The molecule has 4 heteroatoms. The van der Waals surface area contributed by atoms with Gasteiger partial charge in [-0.1, -0.05) is 6.07 Å². The highest BCUT2D eigenvalue weighted by Gasteiger charge is 2.05. The Morgan fingerprint density at radius 2 is 2.19 bits per heavy atom. The number of hydrogen-bond donors (Lipinski definition) is 1. The Morgan fingerprint density at radius 1 is 1.44 bits per heavy atom. The molecule has 2 N–H and O–H groups in total. The summed E-state index contributed by atoms with van der Waals surface area (Å²) in [5, 5.41) is 0. The molecule has 0 aromatic heterocycles. The molecular weight excluding hydrogens is 225 g/mol. The lowest BCUT2D eigenvalue weighted by molar-refractivity contribution is 0.0720. The van der Waals surface area contributed by atoms with Gasteiger partial charge in [0, 0.05) is 16.7 Å². The standard InChI is InChI=1S/C12H18FNOS/c1-9(2)15-7-11(14)8-16-12-5-3-4-10(13)6-12/h3-6,9,11H,7-8,14H2,1-2H3. The van der Waals surface area contributed by atoms with Gasteiger partial charge in [-0.05, 0) is 32.0 Å². The fourth-order valence-corrected chi connectivity index (χ4v) is 2.00. The van der Waals surface area contributed by atoms with E-state index < -0.39 is 0 Å². The minimum Gasteiger partial charge on any atom is -0.377 e. The number of halogens is 1. The summed E-state index contributed by atoms with van der Waals surface area (Å²) in [6.07, 6.45) is 0.199. The van der Waals surface area contributed by atoms with Crippen LogP contribution in [0.4, 0.5) is 4.39 Å². The van der Waals surface area contributed by atoms with Gasteiger partial charge in [0.05, 0.1) is 12.7 Å². The van der Waals surface area contributed by atoms with Gasteiger partial charge in [0.15, 0.2) is 0 Å². The van der Waals surface area contributed by atoms with Gasteiger partial charge in [0.2, 0.25) is 0 Å². The van der Waals surface area contributed by atoms with Crippen molar-refractivity contribution in [2.75, 3.05) is 12.4 Å². The Kier molecular flexibility index (Phi) is 5.80. The molecule has 0 saturated carbocycles. The lowest BCUT2D eigenvalue weighted by Crippen LogP contribution is -2.30. The summed E-state index contributed by atoms with van der Waals surface area (Å²) in [7, 11) is 0. The quantitative estimate of drug-likeness (QED) is 0.780. The predicted molar refractivity (Wildman–Crippen MR) is 66.2 cm³/mol. The smallest absolute Gasteiger partial charge is 0.124 e. The van der Waals surface area contributed by atoms with E-state index in [1.54, 1.807) is 17.8 Å². The normalized spacial score (nSPS) is 13.1. The van der Waals surface area contributed by atoms with E-state index in [-0.39, 0.29) is 18.0 Å². The van der Waals surface area contributed by atoms with Crippen LogP contribution >= 0.6 is 11.8 Å². The molecule has 0 aliphatic heterocycles. The maximum absolute atomic E-state index is 12.9. The van der Waals surface area contributed by atoms with Gasteiger partial charge in [0.25, 0.3) is 0 Å². The van der Waals surface area contributed by atoms with Crippen LogP contribution in [-0.4, -0.2) is 24.5 Å². The molecule has 1 aromatic rings. The Bertz CT molecular complexity index is 320. The predicted octanol–water partition coefficient (Wildman–Crippen LogP) is 2.67. The molecule has 0 spiro atoms. The molecule has 16 heavy (non-hydrogen) atoms. The highest BCUT2D eigenvalue weighted by atomic mass is 32.2. The van der Waals surface area contributed by atoms with Crippen molar-refractivity contribution >= 4 is 11.8 Å². The first-order valence-electron chi connectivity index (χ1n) is 5.33. The lowest BCUT2D eigenvalue weighted by Gasteiger charge is -2.13. The SMILES string of the molecule is CC(C)OCC(N)CSc1cccc(F)c1. The van der Waals surface area contributed by atoms with Crippen LogP contribution in [0.2, 0.25) is 0 Å². The van der Waals surface area contributed by atoms with Crippen LogP contribution in [0.15, 0.2) is 29.2 Å². The van der Waals surface area contributed by atoms with Gasteiger partial charge in [-0.2, -0.15) is 0 Å². The van der Waals surface area contributed by atoms with Crippen molar-refractivity contribution in [1.29, 1.82) is 0 Å². The third-order valence-corrected chi connectivity index (χ3v) is 3.09. The number of hydrogen-bond acceptors (Lipinski definition) is 3. The van der Waals surface area contributed by atoms with Crippen molar-refractivity contribution in [2.45, 2.75) is 30.9 Å². The van der Waals surface area contributed by atoms with Crippen molar-refractivity contribution in [3.05, 3.63) is 30.1 Å². The Labute approximate surface area is 100 Å². The van der Waals surface area contributed by atoms with Crippen molar-refractivity contribution in [2.24, 2.45) is 5.73 Å². The molecule has 1 atom stereocenters. The van der Waals surface area contributed by atoms with Crippen LogP contribution in [0.25, 0.3) is 0 Å². The molecule has 90 valence electrons. The van der Waals surface area contributed by atoms with Crippen LogP contribution in [-0.2, 0) is 4.74 Å². The summed E-state index contributed by atoms with van der Waals surface area (Å²) in [6, 6.07) is 6.51. The molecule has 1 rings (SSSR count). The molecule has 0 saturated heterocycles. The van der Waals surface area contributed by atoms with Crippen LogP contribution in [0.5, 0.6) is 0 Å². The number of benzene rings is 1. The van der Waals surface area contributed by atoms with Crippen LogP contribution in [0.1, 0.15) is 13.8 Å². The van der Waals surface area contributed by atoms with Crippen LogP contribution in [0, 0.1) is 5.82 Å². The molecule has 1 unspecified atom stereocenters. The molecule has 0 aliphatic rings. The van der Waals surface area contributed by atoms with Crippen LogP contribution in [0.3, 0.4) is 0 Å². The van der Waals surface area contributed by atoms with Gasteiger partial charge < -0.3 is 10.5 Å². The zero-order chi connectivity index (χ0) is 12.0. The largest absolute Gasteiger partial charge is 0.377 e. The monoisotopic (exact) mass is 243 g/mol. The topological polar surface area (TPSA) is 35.2 Å². The second-order valence-electron chi connectivity index (χ2n) is 3.91. The van der Waals surface area contributed by atoms with Gasteiger partial charge in [-0.15, -0.1) is 11.8 Å². The van der Waals surface area contributed by atoms with Crippen molar-refractivity contribution in [3.63, 3.8) is 0 Å². The van der Waals surface area contributed by atoms with E-state index in [0.29, 0.717) is 6.61 Å². The minimum atomic E-state index is -0.211. The van der Waals surface area contributed by atoms with E-state index >= 15 is 0 Å². The summed E-state index contributed by atoms with van der Waals surface area (Å²) in [5.74, 6) is 0.521. The maximum Gasteiger partial charge on any atom is 0.124 e. The average molecular weight is 243 g/mol. The van der Waals surface area contributed by atoms with E-state index in [2.05, 4.69) is 0 Å². The molecule has 0 heterocycles. The second-order valence-corrected chi connectivity index (χ2v) is 5.00. The first-order chi connectivity index (χ1) is 7.58. The molecule has 2 nitrogen and oxygen atoms in total. The fourth-order valence-electron chi connectivity index (χ4n) is 1.12. The van der Waals surface area contributed by atoms with Gasteiger partial charge in [-0.25, -0.2) is 4.39 Å². The first-order valence-corrected chi connectivity index (χ1v) is 6.32. The van der Waals surface area contributed by atoms with Crippen molar-refractivity contribution < 1.29 is 9.13 Å². The first kappa shape index (κ1) is 13.5. The summed E-state index contributed by atoms with van der Waals surface area (Å²) >= 11 is 1.55. The third kappa shape index (κ3) is 5.49. The van der Waals surface area contributed by atoms with Gasteiger partial charge >= 0.3 is 0 Å². The summed E-state index contributed by atoms with van der Waals surface area (Å²) in [5.41, 5.74) is 5.87. The molecule has 0 bridgehead atoms. The van der Waals surface area contributed by atoms with Gasteiger partial charge in [-0.3, -0.25) is 0 Å². The zero-order valence-corrected chi connectivity index (χ0v) is 10.5. The van der Waals surface area contributed by atoms with E-state index in [0.717, 1.165) is 10.6 Å². The maximum atomic E-state index is 12.9. The Hall–Kier alpha value is -0.580. The minimum absolute atomic E-state index is 0.0179. The van der Waals surface area contributed by atoms with Crippen LogP contribution < -0.4 is 5.73 Å². The molecule has 1 aromatic carbocycles. The zero-order valence-electron chi connectivity index (χ0n) is 9.65. The fraction of sp³-hybridized carbons (Fsp3) is 0.500. The molecule has 0 aliphatic carbocycles. The number of nitrogens with two attached hydrogens (primary N) is 1. The molecule has 0 amide bonds. The highest BCUT2D eigenvalue weighted by Crippen LogP contribution is 2.19. The van der Waals surface area contributed by atoms with Crippen molar-refractivity contribution in [1.82, 2.24) is 0 Å². The summed E-state index contributed by atoms with van der Waals surface area (Å²) < 4.78 is 18.3. The number of ether oxygens (including phenoxy) is 1. The average Bonchev–Trinajstić information content (AvgIpc) is 2.23. The summed E-state index contributed by atoms with van der Waals surface area (Å²) in [4.78, 5) is 0.903. The third-order valence-electron chi connectivity index (χ3n) is 1.90.